The molecule has 0 aromatic rings. The maximum absolute atomic E-state index is 12.8. The molecule has 0 aromatic heterocycles. The van der Waals surface area contributed by atoms with E-state index < -0.39 is 5.60 Å². The van der Waals surface area contributed by atoms with Crippen LogP contribution in [0.5, 0.6) is 0 Å². The summed E-state index contributed by atoms with van der Waals surface area (Å²) >= 11 is 1.84. The summed E-state index contributed by atoms with van der Waals surface area (Å²) in [5.74, 6) is -0.738. The maximum atomic E-state index is 12.8. The standard InChI is InChI=1S/C24H43N5O4S/c1-24(2,3)33-21(31)13-19(15-7-6-10-18(12-15)34-4)29-20(30)14-27-22(32)16-8-5-9-17(11-16)28-23(25)26/h15-19H,5-14H2,1-4H3,(H,27,32)(H,29,30)(H4,25,26,28). The van der Waals surface area contributed by atoms with Gasteiger partial charge in [-0.25, -0.2) is 0 Å². The molecule has 6 N–H and O–H groups in total. The Balaban J connectivity index is 1.93. The second-order valence-corrected chi connectivity index (χ2v) is 11.7. The van der Waals surface area contributed by atoms with Gasteiger partial charge in [0.1, 0.15) is 5.60 Å². The van der Waals surface area contributed by atoms with Crippen molar-refractivity contribution in [3.05, 3.63) is 0 Å². The number of thioether (sulfide) groups is 1. The number of ether oxygens (including phenoxy) is 1. The largest absolute Gasteiger partial charge is 0.460 e. The van der Waals surface area contributed by atoms with Crippen molar-refractivity contribution in [2.75, 3.05) is 12.8 Å². The summed E-state index contributed by atoms with van der Waals surface area (Å²) in [6.07, 6.45) is 9.43. The van der Waals surface area contributed by atoms with Gasteiger partial charge >= 0.3 is 5.97 Å². The number of nitrogens with one attached hydrogen (secondary N) is 2. The number of esters is 1. The van der Waals surface area contributed by atoms with E-state index in [1.807, 2.05) is 32.5 Å². The Bertz CT molecular complexity index is 735. The van der Waals surface area contributed by atoms with Crippen molar-refractivity contribution in [3.63, 3.8) is 0 Å². The van der Waals surface area contributed by atoms with Crippen LogP contribution in [0.1, 0.15) is 78.6 Å². The fraction of sp³-hybridized carbons (Fsp3) is 0.833. The lowest BCUT2D eigenvalue weighted by atomic mass is 9.82. The van der Waals surface area contributed by atoms with Gasteiger partial charge in [-0.3, -0.25) is 19.4 Å². The molecule has 2 aliphatic rings. The predicted molar refractivity (Wildman–Crippen MR) is 136 cm³/mol. The molecule has 0 heterocycles. The molecule has 0 aliphatic heterocycles. The number of aliphatic imine (C=N–C) groups is 1. The highest BCUT2D eigenvalue weighted by Gasteiger charge is 2.33. The number of guanidine groups is 1. The number of amides is 2. The number of hydrogen-bond acceptors (Lipinski definition) is 6. The molecule has 5 atom stereocenters. The molecule has 34 heavy (non-hydrogen) atoms. The number of rotatable bonds is 9. The van der Waals surface area contributed by atoms with Crippen molar-refractivity contribution in [2.24, 2.45) is 28.3 Å². The predicted octanol–water partition coefficient (Wildman–Crippen LogP) is 2.07. The van der Waals surface area contributed by atoms with Crippen LogP contribution >= 0.6 is 11.8 Å². The molecule has 2 aliphatic carbocycles. The van der Waals surface area contributed by atoms with Crippen LogP contribution in [-0.2, 0) is 19.1 Å². The van der Waals surface area contributed by atoms with E-state index in [0.29, 0.717) is 11.7 Å². The van der Waals surface area contributed by atoms with Gasteiger partial charge < -0.3 is 26.8 Å². The zero-order chi connectivity index (χ0) is 25.3. The van der Waals surface area contributed by atoms with Crippen LogP contribution in [0.25, 0.3) is 0 Å². The quantitative estimate of drug-likeness (QED) is 0.216. The minimum absolute atomic E-state index is 0.0351. The highest BCUT2D eigenvalue weighted by atomic mass is 32.2. The van der Waals surface area contributed by atoms with E-state index in [2.05, 4.69) is 21.9 Å². The fourth-order valence-electron chi connectivity index (χ4n) is 4.96. The summed E-state index contributed by atoms with van der Waals surface area (Å²) in [5.41, 5.74) is 10.4. The SMILES string of the molecule is CSC1CCCC(C(CC(=O)OC(C)(C)C)NC(=O)CNC(=O)C2CCCC(N=C(N)N)C2)C1. The van der Waals surface area contributed by atoms with Crippen LogP contribution in [0.2, 0.25) is 0 Å². The van der Waals surface area contributed by atoms with Crippen molar-refractivity contribution in [3.8, 4) is 0 Å². The lowest BCUT2D eigenvalue weighted by molar-refractivity contribution is -0.156. The third-order valence-corrected chi connectivity index (χ3v) is 7.59. The van der Waals surface area contributed by atoms with E-state index in [1.54, 1.807) is 0 Å². The average molecular weight is 498 g/mol. The van der Waals surface area contributed by atoms with Gasteiger partial charge in [-0.1, -0.05) is 12.8 Å². The van der Waals surface area contributed by atoms with Crippen LogP contribution in [0.15, 0.2) is 4.99 Å². The molecule has 194 valence electrons. The molecular formula is C24H43N5O4S. The molecule has 0 spiro atoms. The highest BCUT2D eigenvalue weighted by molar-refractivity contribution is 7.99. The lowest BCUT2D eigenvalue weighted by Gasteiger charge is -2.34. The normalized spacial score (nSPS) is 26.1. The molecule has 5 unspecified atom stereocenters. The van der Waals surface area contributed by atoms with E-state index in [4.69, 9.17) is 16.2 Å². The Labute approximate surface area is 208 Å². The minimum atomic E-state index is -0.579. The van der Waals surface area contributed by atoms with Crippen LogP contribution in [0, 0.1) is 11.8 Å². The molecule has 0 saturated heterocycles. The molecule has 10 heteroatoms. The zero-order valence-electron chi connectivity index (χ0n) is 21.1. The highest BCUT2D eigenvalue weighted by Crippen LogP contribution is 2.34. The van der Waals surface area contributed by atoms with Gasteiger partial charge in [-0.15, -0.1) is 0 Å². The summed E-state index contributed by atoms with van der Waals surface area (Å²) in [7, 11) is 0. The van der Waals surface area contributed by atoms with Gasteiger partial charge in [0.15, 0.2) is 5.96 Å². The van der Waals surface area contributed by atoms with Crippen LogP contribution < -0.4 is 22.1 Å². The van der Waals surface area contributed by atoms with Crippen LogP contribution in [0.4, 0.5) is 0 Å². The number of nitrogens with zero attached hydrogens (tertiary/aromatic N) is 1. The van der Waals surface area contributed by atoms with Crippen molar-refractivity contribution in [1.29, 1.82) is 0 Å². The van der Waals surface area contributed by atoms with E-state index >= 15 is 0 Å². The number of nitrogens with two attached hydrogens (primary N) is 2. The zero-order valence-corrected chi connectivity index (χ0v) is 21.9. The molecule has 2 rings (SSSR count). The Morgan fingerprint density at radius 1 is 1.09 bits per heavy atom. The number of hydrogen-bond donors (Lipinski definition) is 4. The fourth-order valence-corrected chi connectivity index (χ4v) is 5.80. The van der Waals surface area contributed by atoms with Crippen molar-refractivity contribution >= 4 is 35.5 Å². The minimum Gasteiger partial charge on any atom is -0.460 e. The first-order valence-electron chi connectivity index (χ1n) is 12.4. The van der Waals surface area contributed by atoms with Gasteiger partial charge in [0, 0.05) is 17.2 Å². The smallest absolute Gasteiger partial charge is 0.308 e. The van der Waals surface area contributed by atoms with E-state index in [1.165, 1.54) is 0 Å². The van der Waals surface area contributed by atoms with Crippen molar-refractivity contribution in [1.82, 2.24) is 10.6 Å². The Kier molecular flexibility index (Phi) is 11.0. The average Bonchev–Trinajstić information content (AvgIpc) is 2.75. The van der Waals surface area contributed by atoms with Gasteiger partial charge in [-0.05, 0) is 71.5 Å². The monoisotopic (exact) mass is 497 g/mol. The lowest BCUT2D eigenvalue weighted by Crippen LogP contribution is -2.48. The van der Waals surface area contributed by atoms with E-state index in [-0.39, 0.29) is 60.6 Å². The molecule has 2 amide bonds. The second-order valence-electron chi connectivity index (χ2n) is 10.5. The van der Waals surface area contributed by atoms with Gasteiger partial charge in [0.25, 0.3) is 0 Å². The summed E-state index contributed by atoms with van der Waals surface area (Å²) in [4.78, 5) is 42.2. The molecular weight excluding hydrogens is 454 g/mol. The summed E-state index contributed by atoms with van der Waals surface area (Å²) in [6, 6.07) is -0.368. The Hall–Kier alpha value is -1.97. The third kappa shape index (κ3) is 10.1. The topological polar surface area (TPSA) is 149 Å². The second kappa shape index (κ2) is 13.2. The molecule has 9 nitrogen and oxygen atoms in total. The van der Waals surface area contributed by atoms with E-state index in [0.717, 1.165) is 44.9 Å². The van der Waals surface area contributed by atoms with Crippen LogP contribution in [0.3, 0.4) is 0 Å². The first-order chi connectivity index (χ1) is 16.0. The Morgan fingerprint density at radius 3 is 2.44 bits per heavy atom. The molecule has 0 aromatic carbocycles. The molecule has 0 bridgehead atoms. The number of carbonyl (C=O) groups excluding carboxylic acids is 3. The maximum Gasteiger partial charge on any atom is 0.308 e. The van der Waals surface area contributed by atoms with Crippen LogP contribution in [-0.4, -0.2) is 59.5 Å². The van der Waals surface area contributed by atoms with E-state index in [9.17, 15) is 14.4 Å². The van der Waals surface area contributed by atoms with Gasteiger partial charge in [0.05, 0.1) is 19.0 Å². The Morgan fingerprint density at radius 2 is 1.79 bits per heavy atom. The van der Waals surface area contributed by atoms with Gasteiger partial charge in [-0.2, -0.15) is 11.8 Å². The summed E-state index contributed by atoms with van der Waals surface area (Å²) in [5, 5.41) is 6.31. The molecule has 0 radical (unpaired) electrons. The molecule has 2 fully saturated rings. The van der Waals surface area contributed by atoms with Gasteiger partial charge in [0.2, 0.25) is 11.8 Å². The summed E-state index contributed by atoms with van der Waals surface area (Å²) in [6.45, 7) is 5.38. The first kappa shape index (κ1) is 28.3. The van der Waals surface area contributed by atoms with Crippen molar-refractivity contribution < 1.29 is 19.1 Å². The summed E-state index contributed by atoms with van der Waals surface area (Å²) < 4.78 is 5.52. The first-order valence-corrected chi connectivity index (χ1v) is 13.7. The van der Waals surface area contributed by atoms with Crippen molar-refractivity contribution in [2.45, 2.75) is 101 Å². The third-order valence-electron chi connectivity index (χ3n) is 6.49. The molecule has 2 saturated carbocycles. The number of carbonyl (C=O) groups is 3.